The Morgan fingerprint density at radius 3 is 2.63 bits per heavy atom. The van der Waals surface area contributed by atoms with Gasteiger partial charge in [0.25, 0.3) is 0 Å². The lowest BCUT2D eigenvalue weighted by molar-refractivity contribution is -0.132. The standard InChI is InChI=1S/C31H37N5O2/c1-38-18-6-17-36-28-10-3-2-8-25(28)19-29(36)26-9-5-16-35(22-26)30(37)11-4-7-23-12-14-24(15-13-23)27-20-33-31(32)34-21-27/h2-3,8,10,12-15,19-21,26H,4-7,9,11,16-18,22H2,1H3,(H2,32,33,34). The van der Waals surface area contributed by atoms with E-state index in [1.54, 1.807) is 19.5 Å². The summed E-state index contributed by atoms with van der Waals surface area (Å²) in [5.74, 6) is 0.916. The number of fused-ring (bicyclic) bond motifs is 1. The zero-order chi connectivity index (χ0) is 26.3. The molecule has 1 saturated heterocycles. The van der Waals surface area contributed by atoms with Crippen molar-refractivity contribution in [2.45, 2.75) is 51.0 Å². The van der Waals surface area contributed by atoms with E-state index in [0.717, 1.165) is 69.5 Å². The number of aryl methyl sites for hydroxylation is 2. The minimum absolute atomic E-state index is 0.271. The van der Waals surface area contributed by atoms with E-state index in [4.69, 9.17) is 10.5 Å². The van der Waals surface area contributed by atoms with Crippen molar-refractivity contribution in [2.75, 3.05) is 32.5 Å². The molecule has 0 spiro atoms. The Morgan fingerprint density at radius 1 is 1.05 bits per heavy atom. The van der Waals surface area contributed by atoms with Crippen LogP contribution in [0, 0.1) is 0 Å². The van der Waals surface area contributed by atoms with Gasteiger partial charge in [-0.1, -0.05) is 42.5 Å². The van der Waals surface area contributed by atoms with E-state index < -0.39 is 0 Å². The second-order valence-electron chi connectivity index (χ2n) is 10.2. The van der Waals surface area contributed by atoms with Crippen LogP contribution in [0.1, 0.15) is 49.3 Å². The monoisotopic (exact) mass is 511 g/mol. The van der Waals surface area contributed by atoms with Gasteiger partial charge in [0.2, 0.25) is 11.9 Å². The van der Waals surface area contributed by atoms with E-state index in [-0.39, 0.29) is 11.9 Å². The molecule has 1 unspecified atom stereocenters. The summed E-state index contributed by atoms with van der Waals surface area (Å²) in [4.78, 5) is 23.4. The summed E-state index contributed by atoms with van der Waals surface area (Å²) in [7, 11) is 1.76. The molecule has 1 fully saturated rings. The molecule has 1 amide bonds. The van der Waals surface area contributed by atoms with Gasteiger partial charge in [0.1, 0.15) is 0 Å². The van der Waals surface area contributed by atoms with Crippen molar-refractivity contribution in [2.24, 2.45) is 0 Å². The van der Waals surface area contributed by atoms with Gasteiger partial charge in [-0.05, 0) is 60.7 Å². The van der Waals surface area contributed by atoms with Crippen molar-refractivity contribution in [1.82, 2.24) is 19.4 Å². The van der Waals surface area contributed by atoms with Gasteiger partial charge in [0.15, 0.2) is 0 Å². The fourth-order valence-electron chi connectivity index (χ4n) is 5.58. The number of hydrogen-bond donors (Lipinski definition) is 1. The maximum Gasteiger partial charge on any atom is 0.222 e. The van der Waals surface area contributed by atoms with Crippen molar-refractivity contribution in [3.63, 3.8) is 0 Å². The highest BCUT2D eigenvalue weighted by atomic mass is 16.5. The number of para-hydroxylation sites is 1. The number of nitrogens with two attached hydrogens (primary N) is 1. The topological polar surface area (TPSA) is 86.3 Å². The summed E-state index contributed by atoms with van der Waals surface area (Å²) in [5, 5.41) is 1.28. The molecule has 5 rings (SSSR count). The highest BCUT2D eigenvalue weighted by Gasteiger charge is 2.27. The van der Waals surface area contributed by atoms with Gasteiger partial charge in [-0.25, -0.2) is 9.97 Å². The van der Waals surface area contributed by atoms with Crippen LogP contribution in [-0.2, 0) is 22.5 Å². The molecular weight excluding hydrogens is 474 g/mol. The van der Waals surface area contributed by atoms with E-state index in [0.29, 0.717) is 12.3 Å². The van der Waals surface area contributed by atoms with Crippen molar-refractivity contribution in [3.05, 3.63) is 78.2 Å². The number of hydrogen-bond acceptors (Lipinski definition) is 5. The van der Waals surface area contributed by atoms with Gasteiger partial charge in [-0.15, -0.1) is 0 Å². The molecule has 0 saturated carbocycles. The van der Waals surface area contributed by atoms with Gasteiger partial charge in [-0.2, -0.15) is 0 Å². The highest BCUT2D eigenvalue weighted by molar-refractivity contribution is 5.81. The van der Waals surface area contributed by atoms with E-state index in [9.17, 15) is 4.79 Å². The average Bonchev–Trinajstić information content (AvgIpc) is 3.33. The molecule has 2 aromatic heterocycles. The molecule has 0 bridgehead atoms. The van der Waals surface area contributed by atoms with Gasteiger partial charge in [-0.3, -0.25) is 4.79 Å². The van der Waals surface area contributed by atoms with Crippen LogP contribution >= 0.6 is 0 Å². The number of ether oxygens (including phenoxy) is 1. The zero-order valence-electron chi connectivity index (χ0n) is 22.2. The number of carbonyl (C=O) groups is 1. The molecule has 0 radical (unpaired) electrons. The van der Waals surface area contributed by atoms with E-state index >= 15 is 0 Å². The molecule has 1 aliphatic rings. The van der Waals surface area contributed by atoms with Gasteiger partial charge in [0, 0.05) is 74.9 Å². The molecule has 2 aromatic carbocycles. The molecule has 7 nitrogen and oxygen atoms in total. The quantitative estimate of drug-likeness (QED) is 0.286. The summed E-state index contributed by atoms with van der Waals surface area (Å²) in [6, 6.07) is 19.3. The van der Waals surface area contributed by atoms with Crippen molar-refractivity contribution in [1.29, 1.82) is 0 Å². The first-order valence-electron chi connectivity index (χ1n) is 13.6. The summed E-state index contributed by atoms with van der Waals surface area (Å²) in [6.07, 6.45) is 8.93. The molecule has 1 aliphatic heterocycles. The molecule has 1 atom stereocenters. The minimum atomic E-state index is 0.271. The molecule has 0 aliphatic carbocycles. The number of anilines is 1. The molecule has 7 heteroatoms. The minimum Gasteiger partial charge on any atom is -0.385 e. The van der Waals surface area contributed by atoms with E-state index in [2.05, 4.69) is 74.0 Å². The van der Waals surface area contributed by atoms with Crippen molar-refractivity contribution < 1.29 is 9.53 Å². The molecule has 198 valence electrons. The number of aromatic nitrogens is 3. The number of rotatable bonds is 10. The summed E-state index contributed by atoms with van der Waals surface area (Å²) < 4.78 is 7.76. The molecule has 4 aromatic rings. The first kappa shape index (κ1) is 25.9. The number of amides is 1. The summed E-state index contributed by atoms with van der Waals surface area (Å²) in [5.41, 5.74) is 11.4. The van der Waals surface area contributed by atoms with Gasteiger partial charge in [0.05, 0.1) is 0 Å². The lowest BCUT2D eigenvalue weighted by atomic mass is 9.94. The van der Waals surface area contributed by atoms with Crippen LogP contribution in [0.3, 0.4) is 0 Å². The first-order chi connectivity index (χ1) is 18.6. The van der Waals surface area contributed by atoms with Crippen LogP contribution in [0.4, 0.5) is 5.95 Å². The second kappa shape index (κ2) is 12.2. The third kappa shape index (κ3) is 6.05. The van der Waals surface area contributed by atoms with Crippen LogP contribution in [0.15, 0.2) is 67.0 Å². The molecule has 3 heterocycles. The van der Waals surface area contributed by atoms with E-state index in [1.807, 2.05) is 0 Å². The third-order valence-corrected chi connectivity index (χ3v) is 7.58. The van der Waals surface area contributed by atoms with Crippen molar-refractivity contribution in [3.8, 4) is 11.1 Å². The third-order valence-electron chi connectivity index (χ3n) is 7.58. The number of nitrogen functional groups attached to an aromatic ring is 1. The number of carbonyl (C=O) groups excluding carboxylic acids is 1. The smallest absolute Gasteiger partial charge is 0.222 e. The van der Waals surface area contributed by atoms with Crippen LogP contribution < -0.4 is 5.73 Å². The van der Waals surface area contributed by atoms with Crippen molar-refractivity contribution >= 4 is 22.8 Å². The lowest BCUT2D eigenvalue weighted by Crippen LogP contribution is -2.39. The number of benzene rings is 2. The van der Waals surface area contributed by atoms with Gasteiger partial charge < -0.3 is 19.9 Å². The Bertz CT molecular complexity index is 1350. The zero-order valence-corrected chi connectivity index (χ0v) is 22.2. The largest absolute Gasteiger partial charge is 0.385 e. The van der Waals surface area contributed by atoms with E-state index in [1.165, 1.54) is 22.2 Å². The average molecular weight is 512 g/mol. The number of methoxy groups -OCH3 is 1. The maximum atomic E-state index is 13.2. The predicted molar refractivity (Wildman–Crippen MR) is 152 cm³/mol. The van der Waals surface area contributed by atoms with Crippen LogP contribution in [-0.4, -0.2) is 52.1 Å². The first-order valence-corrected chi connectivity index (χ1v) is 13.6. The molecular formula is C31H37N5O2. The number of nitrogens with zero attached hydrogens (tertiary/aromatic N) is 4. The highest BCUT2D eigenvalue weighted by Crippen LogP contribution is 2.32. The SMILES string of the molecule is COCCCn1c(C2CCCN(C(=O)CCCc3ccc(-c4cnc(N)nc4)cc3)C2)cc2ccccc21. The summed E-state index contributed by atoms with van der Waals surface area (Å²) >= 11 is 0. The Morgan fingerprint density at radius 2 is 1.84 bits per heavy atom. The predicted octanol–water partition coefficient (Wildman–Crippen LogP) is 5.45. The van der Waals surface area contributed by atoms with Crippen LogP contribution in [0.2, 0.25) is 0 Å². The fraction of sp³-hybridized carbons (Fsp3) is 0.387. The Hall–Kier alpha value is -3.71. The molecule has 2 N–H and O–H groups in total. The Kier molecular flexibility index (Phi) is 8.34. The normalized spacial score (nSPS) is 15.7. The van der Waals surface area contributed by atoms with Crippen LogP contribution in [0.25, 0.3) is 22.0 Å². The Balaban J connectivity index is 1.18. The second-order valence-corrected chi connectivity index (χ2v) is 10.2. The number of piperidine rings is 1. The van der Waals surface area contributed by atoms with Gasteiger partial charge >= 0.3 is 0 Å². The molecule has 38 heavy (non-hydrogen) atoms. The summed E-state index contributed by atoms with van der Waals surface area (Å²) in [6.45, 7) is 3.35. The van der Waals surface area contributed by atoms with Crippen LogP contribution in [0.5, 0.6) is 0 Å². The fourth-order valence-corrected chi connectivity index (χ4v) is 5.58. The Labute approximate surface area is 224 Å². The lowest BCUT2D eigenvalue weighted by Gasteiger charge is -2.33. The number of likely N-dealkylation sites (tertiary alicyclic amines) is 1. The maximum absolute atomic E-state index is 13.2.